The third-order valence-electron chi connectivity index (χ3n) is 4.87. The van der Waals surface area contributed by atoms with E-state index in [9.17, 15) is 13.2 Å². The number of likely N-dealkylation sites (tertiary alicyclic amines) is 1. The van der Waals surface area contributed by atoms with Gasteiger partial charge in [-0.3, -0.25) is 9.89 Å². The lowest BCUT2D eigenvalue weighted by Gasteiger charge is -2.32. The highest BCUT2D eigenvalue weighted by atomic mass is 32.2. The van der Waals surface area contributed by atoms with Crippen molar-refractivity contribution in [1.82, 2.24) is 15.1 Å². The minimum absolute atomic E-state index is 0.231. The molecule has 0 radical (unpaired) electrons. The van der Waals surface area contributed by atoms with Crippen molar-refractivity contribution in [3.05, 3.63) is 18.0 Å². The minimum Gasteiger partial charge on any atom is -0.341 e. The van der Waals surface area contributed by atoms with Gasteiger partial charge in [0, 0.05) is 30.9 Å². The Bertz CT molecular complexity index is 606. The first-order valence-corrected chi connectivity index (χ1v) is 9.76. The summed E-state index contributed by atoms with van der Waals surface area (Å²) in [7, 11) is -3.29. The monoisotopic (exact) mass is 325 g/mol. The summed E-state index contributed by atoms with van der Waals surface area (Å²) in [6, 6.07) is 1.92. The van der Waals surface area contributed by atoms with Crippen LogP contribution in [-0.4, -0.2) is 53.5 Å². The van der Waals surface area contributed by atoms with Crippen molar-refractivity contribution in [3.63, 3.8) is 0 Å². The van der Waals surface area contributed by atoms with E-state index < -0.39 is 9.84 Å². The Hall–Kier alpha value is -1.37. The largest absolute Gasteiger partial charge is 0.341 e. The molecule has 0 bridgehead atoms. The SMILES string of the molecule is O=C(CS(=O)(=O)C1CCCC1)N1CCCC(c2ccn[nH]2)C1. The lowest BCUT2D eigenvalue weighted by atomic mass is 9.95. The van der Waals surface area contributed by atoms with Gasteiger partial charge in [0.05, 0.1) is 5.25 Å². The van der Waals surface area contributed by atoms with Crippen LogP contribution < -0.4 is 0 Å². The summed E-state index contributed by atoms with van der Waals surface area (Å²) < 4.78 is 24.7. The second-order valence-corrected chi connectivity index (χ2v) is 8.69. The molecule has 1 aromatic rings. The standard InChI is InChI=1S/C15H23N3O3S/c19-15(11-22(20,21)13-5-1-2-6-13)18-9-3-4-12(10-18)14-7-8-16-17-14/h7-8,12-13H,1-6,9-11H2,(H,16,17). The number of rotatable bonds is 4. The number of nitrogens with one attached hydrogen (secondary N) is 1. The normalized spacial score (nSPS) is 23.8. The molecule has 2 aliphatic rings. The highest BCUT2D eigenvalue weighted by Crippen LogP contribution is 2.27. The number of hydrogen-bond acceptors (Lipinski definition) is 4. The van der Waals surface area contributed by atoms with Gasteiger partial charge in [-0.1, -0.05) is 12.8 Å². The summed E-state index contributed by atoms with van der Waals surface area (Å²) in [5.74, 6) is -0.335. The number of piperidine rings is 1. The Kier molecular flexibility index (Phi) is 4.52. The average molecular weight is 325 g/mol. The van der Waals surface area contributed by atoms with Crippen LogP contribution in [0.5, 0.6) is 0 Å². The molecule has 1 aromatic heterocycles. The number of aromatic nitrogens is 2. The first kappa shape index (κ1) is 15.5. The molecule has 1 atom stereocenters. The van der Waals surface area contributed by atoms with Crippen LogP contribution in [-0.2, 0) is 14.6 Å². The molecule has 3 rings (SSSR count). The Morgan fingerprint density at radius 2 is 2.05 bits per heavy atom. The van der Waals surface area contributed by atoms with Crippen molar-refractivity contribution in [2.75, 3.05) is 18.8 Å². The Morgan fingerprint density at radius 1 is 1.27 bits per heavy atom. The highest BCUT2D eigenvalue weighted by Gasteiger charge is 2.33. The van der Waals surface area contributed by atoms with E-state index in [1.54, 1.807) is 11.1 Å². The molecule has 22 heavy (non-hydrogen) atoms. The zero-order valence-corrected chi connectivity index (χ0v) is 13.5. The van der Waals surface area contributed by atoms with Crippen molar-refractivity contribution < 1.29 is 13.2 Å². The molecule has 6 nitrogen and oxygen atoms in total. The number of carbonyl (C=O) groups is 1. The van der Waals surface area contributed by atoms with E-state index in [1.165, 1.54) is 0 Å². The minimum atomic E-state index is -3.29. The van der Waals surface area contributed by atoms with Gasteiger partial charge in [0.1, 0.15) is 5.75 Å². The highest BCUT2D eigenvalue weighted by molar-refractivity contribution is 7.92. The number of aromatic amines is 1. The molecule has 2 fully saturated rings. The zero-order valence-electron chi connectivity index (χ0n) is 12.7. The van der Waals surface area contributed by atoms with Crippen molar-refractivity contribution in [2.45, 2.75) is 49.7 Å². The third kappa shape index (κ3) is 3.34. The van der Waals surface area contributed by atoms with Gasteiger partial charge in [-0.25, -0.2) is 8.42 Å². The number of carbonyl (C=O) groups excluding carboxylic acids is 1. The summed E-state index contributed by atoms with van der Waals surface area (Å²) >= 11 is 0. The molecule has 1 aliphatic heterocycles. The molecule has 1 saturated heterocycles. The van der Waals surface area contributed by atoms with Gasteiger partial charge in [0.15, 0.2) is 9.84 Å². The number of hydrogen-bond donors (Lipinski definition) is 1. The molecule has 1 unspecified atom stereocenters. The second kappa shape index (κ2) is 6.40. The van der Waals surface area contributed by atoms with Gasteiger partial charge < -0.3 is 4.90 Å². The molecule has 0 spiro atoms. The van der Waals surface area contributed by atoms with Crippen LogP contribution >= 0.6 is 0 Å². The van der Waals surface area contributed by atoms with E-state index in [2.05, 4.69) is 10.2 Å². The van der Waals surface area contributed by atoms with E-state index in [-0.39, 0.29) is 22.8 Å². The van der Waals surface area contributed by atoms with Gasteiger partial charge in [0.2, 0.25) is 5.91 Å². The van der Waals surface area contributed by atoms with Crippen LogP contribution in [0, 0.1) is 0 Å². The topological polar surface area (TPSA) is 83.1 Å². The molecular weight excluding hydrogens is 302 g/mol. The van der Waals surface area contributed by atoms with Crippen molar-refractivity contribution in [1.29, 1.82) is 0 Å². The van der Waals surface area contributed by atoms with Crippen LogP contribution in [0.25, 0.3) is 0 Å². The van der Waals surface area contributed by atoms with E-state index in [0.29, 0.717) is 25.9 Å². The number of nitrogens with zero attached hydrogens (tertiary/aromatic N) is 2. The summed E-state index contributed by atoms with van der Waals surface area (Å²) in [4.78, 5) is 14.1. The van der Waals surface area contributed by atoms with Gasteiger partial charge in [-0.05, 0) is 31.7 Å². The van der Waals surface area contributed by atoms with E-state index in [1.807, 2.05) is 6.07 Å². The summed E-state index contributed by atoms with van der Waals surface area (Å²) in [6.45, 7) is 1.24. The molecule has 1 saturated carbocycles. The van der Waals surface area contributed by atoms with Crippen LogP contribution in [0.2, 0.25) is 0 Å². The molecule has 1 N–H and O–H groups in total. The fourth-order valence-electron chi connectivity index (χ4n) is 3.58. The number of amides is 1. The molecule has 7 heteroatoms. The molecular formula is C15H23N3O3S. The summed E-state index contributed by atoms with van der Waals surface area (Å²) in [5.41, 5.74) is 1.02. The predicted molar refractivity (Wildman–Crippen MR) is 83.2 cm³/mol. The first-order chi connectivity index (χ1) is 10.6. The van der Waals surface area contributed by atoms with Crippen LogP contribution in [0.3, 0.4) is 0 Å². The lowest BCUT2D eigenvalue weighted by molar-refractivity contribution is -0.129. The predicted octanol–water partition coefficient (Wildman–Crippen LogP) is 1.47. The first-order valence-electron chi connectivity index (χ1n) is 8.05. The quantitative estimate of drug-likeness (QED) is 0.909. The lowest BCUT2D eigenvalue weighted by Crippen LogP contribution is -2.43. The summed E-state index contributed by atoms with van der Waals surface area (Å²) in [5, 5.41) is 6.61. The van der Waals surface area contributed by atoms with Crippen molar-refractivity contribution >= 4 is 15.7 Å². The average Bonchev–Trinajstić information content (AvgIpc) is 3.20. The maximum Gasteiger partial charge on any atom is 0.237 e. The molecule has 1 amide bonds. The van der Waals surface area contributed by atoms with Gasteiger partial charge in [-0.2, -0.15) is 5.10 Å². The van der Waals surface area contributed by atoms with Crippen LogP contribution in [0.4, 0.5) is 0 Å². The molecule has 0 aromatic carbocycles. The third-order valence-corrected chi connectivity index (χ3v) is 7.01. The molecule has 122 valence electrons. The Balaban J connectivity index is 1.62. The maximum absolute atomic E-state index is 12.4. The van der Waals surface area contributed by atoms with Crippen LogP contribution in [0.1, 0.15) is 50.1 Å². The van der Waals surface area contributed by atoms with E-state index in [0.717, 1.165) is 31.4 Å². The van der Waals surface area contributed by atoms with Crippen LogP contribution in [0.15, 0.2) is 12.3 Å². The zero-order chi connectivity index (χ0) is 15.6. The fraction of sp³-hybridized carbons (Fsp3) is 0.733. The van der Waals surface area contributed by atoms with Gasteiger partial charge in [0.25, 0.3) is 0 Å². The molecule has 2 heterocycles. The van der Waals surface area contributed by atoms with Crippen molar-refractivity contribution in [3.8, 4) is 0 Å². The fourth-order valence-corrected chi connectivity index (χ4v) is 5.39. The smallest absolute Gasteiger partial charge is 0.237 e. The molecule has 1 aliphatic carbocycles. The Morgan fingerprint density at radius 3 is 2.73 bits per heavy atom. The number of H-pyrrole nitrogens is 1. The van der Waals surface area contributed by atoms with Gasteiger partial charge >= 0.3 is 0 Å². The van der Waals surface area contributed by atoms with Crippen molar-refractivity contribution in [2.24, 2.45) is 0 Å². The summed E-state index contributed by atoms with van der Waals surface area (Å²) in [6.07, 6.45) is 6.97. The Labute approximate surface area is 131 Å². The number of sulfone groups is 1. The van der Waals surface area contributed by atoms with E-state index >= 15 is 0 Å². The second-order valence-electron chi connectivity index (χ2n) is 6.40. The van der Waals surface area contributed by atoms with Gasteiger partial charge in [-0.15, -0.1) is 0 Å². The van der Waals surface area contributed by atoms with E-state index in [4.69, 9.17) is 0 Å². The maximum atomic E-state index is 12.4.